The highest BCUT2D eigenvalue weighted by Gasteiger charge is 2.11. The largest absolute Gasteiger partial charge is 0.293 e. The average molecular weight is 172 g/mol. The molecule has 1 aromatic carbocycles. The molecule has 0 spiro atoms. The van der Waals surface area contributed by atoms with Crippen LogP contribution in [0.5, 0.6) is 0 Å². The van der Waals surface area contributed by atoms with Gasteiger partial charge in [-0.1, -0.05) is 12.1 Å². The molecule has 1 N–H and O–H groups in total. The summed E-state index contributed by atoms with van der Waals surface area (Å²) in [6, 6.07) is 6.16. The van der Waals surface area contributed by atoms with Gasteiger partial charge in [0, 0.05) is 0 Å². The fraction of sp³-hybridized carbons (Fsp3) is 0.364. The Morgan fingerprint density at radius 2 is 2.08 bits per heavy atom. The third-order valence-corrected chi connectivity index (χ3v) is 2.59. The Bertz CT molecular complexity index is 350. The van der Waals surface area contributed by atoms with Crippen molar-refractivity contribution in [2.24, 2.45) is 0 Å². The number of rotatable bonds is 1. The Hall–Kier alpha value is -1.49. The van der Waals surface area contributed by atoms with Crippen molar-refractivity contribution >= 4 is 5.69 Å². The van der Waals surface area contributed by atoms with Crippen molar-refractivity contribution in [3.05, 3.63) is 29.3 Å². The number of nitriles is 1. The van der Waals surface area contributed by atoms with E-state index in [-0.39, 0.29) is 0 Å². The molecular weight excluding hydrogens is 160 g/mol. The molecule has 0 radical (unpaired) electrons. The molecule has 13 heavy (non-hydrogen) atoms. The number of hydrogen-bond acceptors (Lipinski definition) is 2. The first-order valence-electron chi connectivity index (χ1n) is 4.67. The van der Waals surface area contributed by atoms with Crippen LogP contribution in [-0.4, -0.2) is 0 Å². The normalized spacial score (nSPS) is 14.4. The quantitative estimate of drug-likeness (QED) is 0.521. The van der Waals surface area contributed by atoms with Gasteiger partial charge in [0.25, 0.3) is 0 Å². The zero-order valence-corrected chi connectivity index (χ0v) is 7.51. The molecule has 1 aliphatic carbocycles. The van der Waals surface area contributed by atoms with E-state index in [0.29, 0.717) is 0 Å². The second-order valence-electron chi connectivity index (χ2n) is 3.39. The van der Waals surface area contributed by atoms with Crippen LogP contribution < -0.4 is 5.32 Å². The SMILES string of the molecule is N#CNc1cccc2c1CCCC2. The highest BCUT2D eigenvalue weighted by molar-refractivity contribution is 5.57. The summed E-state index contributed by atoms with van der Waals surface area (Å²) in [6.45, 7) is 0. The van der Waals surface area contributed by atoms with Crippen LogP contribution in [0.3, 0.4) is 0 Å². The third-order valence-electron chi connectivity index (χ3n) is 2.59. The molecule has 2 heteroatoms. The van der Waals surface area contributed by atoms with Crippen molar-refractivity contribution in [2.45, 2.75) is 25.7 Å². The first kappa shape index (κ1) is 8.12. The van der Waals surface area contributed by atoms with E-state index in [1.165, 1.54) is 24.0 Å². The van der Waals surface area contributed by atoms with Crippen LogP contribution in [0.4, 0.5) is 5.69 Å². The van der Waals surface area contributed by atoms with Gasteiger partial charge in [-0.3, -0.25) is 5.32 Å². The summed E-state index contributed by atoms with van der Waals surface area (Å²) in [5.41, 5.74) is 3.75. The van der Waals surface area contributed by atoms with Gasteiger partial charge in [-0.15, -0.1) is 0 Å². The standard InChI is InChI=1S/C11H12N2/c12-8-13-11-7-3-5-9-4-1-2-6-10(9)11/h3,5,7,13H,1-2,4,6H2. The molecule has 66 valence electrons. The van der Waals surface area contributed by atoms with E-state index in [1.54, 1.807) is 0 Å². The highest BCUT2D eigenvalue weighted by atomic mass is 14.9. The van der Waals surface area contributed by atoms with Crippen LogP contribution in [-0.2, 0) is 12.8 Å². The lowest BCUT2D eigenvalue weighted by Gasteiger charge is -2.17. The summed E-state index contributed by atoms with van der Waals surface area (Å²) >= 11 is 0. The monoisotopic (exact) mass is 172 g/mol. The number of aryl methyl sites for hydroxylation is 1. The molecule has 1 aliphatic rings. The molecule has 2 rings (SSSR count). The van der Waals surface area contributed by atoms with Crippen LogP contribution in [0.15, 0.2) is 18.2 Å². The van der Waals surface area contributed by atoms with E-state index in [9.17, 15) is 0 Å². The molecule has 1 aromatic rings. The van der Waals surface area contributed by atoms with E-state index < -0.39 is 0 Å². The topological polar surface area (TPSA) is 35.8 Å². The van der Waals surface area contributed by atoms with Gasteiger partial charge < -0.3 is 0 Å². The van der Waals surface area contributed by atoms with Crippen molar-refractivity contribution in [3.63, 3.8) is 0 Å². The van der Waals surface area contributed by atoms with Gasteiger partial charge in [-0.2, -0.15) is 5.26 Å². The first-order chi connectivity index (χ1) is 6.42. The van der Waals surface area contributed by atoms with E-state index in [0.717, 1.165) is 18.5 Å². The lowest BCUT2D eigenvalue weighted by molar-refractivity contribution is 0.687. The van der Waals surface area contributed by atoms with Crippen molar-refractivity contribution in [1.82, 2.24) is 0 Å². The number of benzene rings is 1. The Morgan fingerprint density at radius 3 is 2.92 bits per heavy atom. The maximum absolute atomic E-state index is 8.56. The number of nitrogens with one attached hydrogen (secondary N) is 1. The lowest BCUT2D eigenvalue weighted by atomic mass is 9.90. The minimum absolute atomic E-state index is 1.000. The van der Waals surface area contributed by atoms with Crippen LogP contribution >= 0.6 is 0 Å². The lowest BCUT2D eigenvalue weighted by Crippen LogP contribution is -2.05. The first-order valence-corrected chi connectivity index (χ1v) is 4.67. The number of fused-ring (bicyclic) bond motifs is 1. The molecule has 0 amide bonds. The molecule has 0 heterocycles. The zero-order chi connectivity index (χ0) is 9.10. The predicted molar refractivity (Wildman–Crippen MR) is 52.3 cm³/mol. The molecule has 0 bridgehead atoms. The van der Waals surface area contributed by atoms with Gasteiger partial charge in [-0.05, 0) is 42.9 Å². The van der Waals surface area contributed by atoms with Gasteiger partial charge in [0.1, 0.15) is 0 Å². The fourth-order valence-corrected chi connectivity index (χ4v) is 1.96. The van der Waals surface area contributed by atoms with Crippen molar-refractivity contribution in [1.29, 1.82) is 5.26 Å². The Labute approximate surface area is 78.2 Å². The Morgan fingerprint density at radius 1 is 1.23 bits per heavy atom. The van der Waals surface area contributed by atoms with Crippen molar-refractivity contribution < 1.29 is 0 Å². The van der Waals surface area contributed by atoms with Crippen molar-refractivity contribution in [3.8, 4) is 6.19 Å². The van der Waals surface area contributed by atoms with Crippen molar-refractivity contribution in [2.75, 3.05) is 5.32 Å². The molecular formula is C11H12N2. The minimum Gasteiger partial charge on any atom is -0.293 e. The van der Waals surface area contributed by atoms with E-state index in [4.69, 9.17) is 5.26 Å². The molecule has 2 nitrogen and oxygen atoms in total. The van der Waals surface area contributed by atoms with E-state index >= 15 is 0 Å². The summed E-state index contributed by atoms with van der Waals surface area (Å²) in [4.78, 5) is 0. The summed E-state index contributed by atoms with van der Waals surface area (Å²) < 4.78 is 0. The second-order valence-corrected chi connectivity index (χ2v) is 3.39. The number of anilines is 1. The maximum atomic E-state index is 8.56. The van der Waals surface area contributed by atoms with Gasteiger partial charge in [0.05, 0.1) is 5.69 Å². The summed E-state index contributed by atoms with van der Waals surface area (Å²) in [5.74, 6) is 0. The summed E-state index contributed by atoms with van der Waals surface area (Å²) in [7, 11) is 0. The molecule has 0 unspecified atom stereocenters. The molecule has 0 fully saturated rings. The molecule has 0 saturated heterocycles. The van der Waals surface area contributed by atoms with Gasteiger partial charge in [0.2, 0.25) is 0 Å². The molecule has 0 aromatic heterocycles. The fourth-order valence-electron chi connectivity index (χ4n) is 1.96. The second kappa shape index (κ2) is 3.49. The Balaban J connectivity index is 2.41. The molecule has 0 atom stereocenters. The summed E-state index contributed by atoms with van der Waals surface area (Å²) in [5, 5.41) is 11.3. The minimum atomic E-state index is 1.000. The molecule has 0 aliphatic heterocycles. The van der Waals surface area contributed by atoms with Gasteiger partial charge in [-0.25, -0.2) is 0 Å². The van der Waals surface area contributed by atoms with Crippen LogP contribution in [0, 0.1) is 11.5 Å². The van der Waals surface area contributed by atoms with E-state index in [2.05, 4.69) is 11.4 Å². The smallest absolute Gasteiger partial charge is 0.181 e. The zero-order valence-electron chi connectivity index (χ0n) is 7.51. The van der Waals surface area contributed by atoms with Crippen LogP contribution in [0.1, 0.15) is 24.0 Å². The maximum Gasteiger partial charge on any atom is 0.181 e. The third kappa shape index (κ3) is 1.50. The van der Waals surface area contributed by atoms with Gasteiger partial charge >= 0.3 is 0 Å². The number of nitrogens with zero attached hydrogens (tertiary/aromatic N) is 1. The van der Waals surface area contributed by atoms with Crippen LogP contribution in [0.2, 0.25) is 0 Å². The summed E-state index contributed by atoms with van der Waals surface area (Å²) in [6.07, 6.45) is 6.79. The number of hydrogen-bond donors (Lipinski definition) is 1. The Kier molecular flexibility index (Phi) is 2.18. The van der Waals surface area contributed by atoms with E-state index in [1.807, 2.05) is 18.3 Å². The average Bonchev–Trinajstić information content (AvgIpc) is 2.19. The van der Waals surface area contributed by atoms with Gasteiger partial charge in [0.15, 0.2) is 6.19 Å². The predicted octanol–water partition coefficient (Wildman–Crippen LogP) is 2.46. The highest BCUT2D eigenvalue weighted by Crippen LogP contribution is 2.27. The van der Waals surface area contributed by atoms with Crippen LogP contribution in [0.25, 0.3) is 0 Å². The molecule has 0 saturated carbocycles.